The smallest absolute Gasteiger partial charge is 0.305 e. The van der Waals surface area contributed by atoms with E-state index >= 15 is 0 Å². The third-order valence-electron chi connectivity index (χ3n) is 3.03. The van der Waals surface area contributed by atoms with Gasteiger partial charge in [-0.25, -0.2) is 0 Å². The molecule has 5 nitrogen and oxygen atoms in total. The second-order valence-electron chi connectivity index (χ2n) is 4.59. The minimum atomic E-state index is -0.861. The Morgan fingerprint density at radius 3 is 2.76 bits per heavy atom. The first-order chi connectivity index (χ1) is 8.13. The van der Waals surface area contributed by atoms with Gasteiger partial charge in [-0.2, -0.15) is 0 Å². The highest BCUT2D eigenvalue weighted by Crippen LogP contribution is 2.09. The molecule has 17 heavy (non-hydrogen) atoms. The van der Waals surface area contributed by atoms with Crippen molar-refractivity contribution in [1.82, 2.24) is 10.6 Å². The second-order valence-corrected chi connectivity index (χ2v) is 4.59. The fourth-order valence-electron chi connectivity index (χ4n) is 2.16. The van der Waals surface area contributed by atoms with E-state index in [0.29, 0.717) is 6.42 Å². The zero-order valence-electron chi connectivity index (χ0n) is 10.4. The molecule has 0 aromatic heterocycles. The number of carbonyl (C=O) groups is 2. The quantitative estimate of drug-likeness (QED) is 0.646. The van der Waals surface area contributed by atoms with Gasteiger partial charge in [0.05, 0.1) is 12.5 Å². The molecule has 1 aliphatic heterocycles. The topological polar surface area (TPSA) is 78.4 Å². The van der Waals surface area contributed by atoms with Crippen molar-refractivity contribution in [2.75, 3.05) is 6.54 Å². The average Bonchev–Trinajstić information content (AvgIpc) is 2.29. The van der Waals surface area contributed by atoms with Crippen molar-refractivity contribution in [3.05, 3.63) is 0 Å². The van der Waals surface area contributed by atoms with Crippen LogP contribution in [0.1, 0.15) is 45.4 Å². The Balaban J connectivity index is 2.41. The van der Waals surface area contributed by atoms with E-state index in [2.05, 4.69) is 10.6 Å². The second kappa shape index (κ2) is 7.27. The van der Waals surface area contributed by atoms with Crippen LogP contribution in [0.4, 0.5) is 0 Å². The molecule has 1 amide bonds. The molecular formula is C12H22N2O3. The molecule has 0 spiro atoms. The third-order valence-corrected chi connectivity index (χ3v) is 3.03. The van der Waals surface area contributed by atoms with Gasteiger partial charge in [-0.05, 0) is 25.8 Å². The van der Waals surface area contributed by atoms with Gasteiger partial charge in [-0.15, -0.1) is 0 Å². The molecule has 0 saturated carbocycles. The highest BCUT2D eigenvalue weighted by Gasteiger charge is 2.23. The van der Waals surface area contributed by atoms with Crippen LogP contribution in [0.3, 0.4) is 0 Å². The first-order valence-electron chi connectivity index (χ1n) is 6.39. The van der Waals surface area contributed by atoms with Gasteiger partial charge in [0.1, 0.15) is 0 Å². The van der Waals surface area contributed by atoms with Gasteiger partial charge in [0.2, 0.25) is 5.91 Å². The number of rotatable bonds is 6. The van der Waals surface area contributed by atoms with Gasteiger partial charge in [-0.1, -0.05) is 19.8 Å². The van der Waals surface area contributed by atoms with Crippen LogP contribution >= 0.6 is 0 Å². The Hall–Kier alpha value is -1.10. The molecule has 0 aromatic rings. The molecule has 1 fully saturated rings. The maximum absolute atomic E-state index is 11.9. The fourth-order valence-corrected chi connectivity index (χ4v) is 2.16. The maximum Gasteiger partial charge on any atom is 0.305 e. The van der Waals surface area contributed by atoms with Crippen molar-refractivity contribution in [2.24, 2.45) is 0 Å². The van der Waals surface area contributed by atoms with Crippen molar-refractivity contribution >= 4 is 11.9 Å². The van der Waals surface area contributed by atoms with E-state index in [4.69, 9.17) is 5.11 Å². The summed E-state index contributed by atoms with van der Waals surface area (Å²) in [6.07, 6.45) is 4.60. The van der Waals surface area contributed by atoms with Crippen molar-refractivity contribution in [3.8, 4) is 0 Å². The molecule has 1 saturated heterocycles. The number of hydrogen-bond acceptors (Lipinski definition) is 3. The lowest BCUT2D eigenvalue weighted by Gasteiger charge is -2.25. The molecule has 0 aliphatic carbocycles. The van der Waals surface area contributed by atoms with Crippen LogP contribution in [-0.2, 0) is 9.59 Å². The third kappa shape index (κ3) is 5.17. The van der Waals surface area contributed by atoms with Crippen LogP contribution in [0.15, 0.2) is 0 Å². The van der Waals surface area contributed by atoms with Crippen molar-refractivity contribution in [2.45, 2.75) is 57.5 Å². The summed E-state index contributed by atoms with van der Waals surface area (Å²) in [4.78, 5) is 22.6. The van der Waals surface area contributed by atoms with Crippen molar-refractivity contribution in [3.63, 3.8) is 0 Å². The fraction of sp³-hybridized carbons (Fsp3) is 0.833. The van der Waals surface area contributed by atoms with Gasteiger partial charge in [0, 0.05) is 6.04 Å². The first kappa shape index (κ1) is 14.0. The normalized spacial score (nSPS) is 21.8. The van der Waals surface area contributed by atoms with Crippen LogP contribution < -0.4 is 10.6 Å². The number of amides is 1. The molecule has 1 rings (SSSR count). The summed E-state index contributed by atoms with van der Waals surface area (Å²) < 4.78 is 0. The molecule has 1 unspecified atom stereocenters. The van der Waals surface area contributed by atoms with E-state index in [1.54, 1.807) is 0 Å². The lowest BCUT2D eigenvalue weighted by Crippen LogP contribution is -2.50. The summed E-state index contributed by atoms with van der Waals surface area (Å²) >= 11 is 0. The minimum absolute atomic E-state index is 0.00625. The van der Waals surface area contributed by atoms with Crippen LogP contribution in [0.2, 0.25) is 0 Å². The molecule has 0 radical (unpaired) electrons. The van der Waals surface area contributed by atoms with Gasteiger partial charge in [0.15, 0.2) is 0 Å². The van der Waals surface area contributed by atoms with Crippen LogP contribution in [0.25, 0.3) is 0 Å². The number of carbonyl (C=O) groups excluding carboxylic acids is 1. The molecule has 1 aliphatic rings. The Bertz CT molecular complexity index is 262. The van der Waals surface area contributed by atoms with E-state index in [1.165, 1.54) is 0 Å². The van der Waals surface area contributed by atoms with Gasteiger partial charge >= 0.3 is 5.97 Å². The summed E-state index contributed by atoms with van der Waals surface area (Å²) in [5.74, 6) is -0.912. The zero-order chi connectivity index (χ0) is 12.7. The SMILES string of the molecule is CCCC(CC(=O)O)NC(=O)[C@H]1CCCCN1. The van der Waals surface area contributed by atoms with E-state index < -0.39 is 5.97 Å². The Morgan fingerprint density at radius 2 is 2.24 bits per heavy atom. The number of carboxylic acids is 1. The number of aliphatic carboxylic acids is 1. The number of nitrogens with one attached hydrogen (secondary N) is 2. The standard InChI is InChI=1S/C12H22N2O3/c1-2-5-9(8-11(15)16)14-12(17)10-6-3-4-7-13-10/h9-10,13H,2-8H2,1H3,(H,14,17)(H,15,16)/t9?,10-/m1/s1. The molecule has 0 bridgehead atoms. The summed E-state index contributed by atoms with van der Waals surface area (Å²) in [5, 5.41) is 14.8. The Morgan fingerprint density at radius 1 is 1.47 bits per heavy atom. The Kier molecular flexibility index (Phi) is 5.97. The molecule has 3 N–H and O–H groups in total. The predicted molar refractivity (Wildman–Crippen MR) is 64.7 cm³/mol. The summed E-state index contributed by atoms with van der Waals surface area (Å²) in [5.41, 5.74) is 0. The van der Waals surface area contributed by atoms with Gasteiger partial charge < -0.3 is 15.7 Å². The van der Waals surface area contributed by atoms with Crippen LogP contribution in [0, 0.1) is 0 Å². The maximum atomic E-state index is 11.9. The zero-order valence-corrected chi connectivity index (χ0v) is 10.4. The molecule has 2 atom stereocenters. The molecular weight excluding hydrogens is 220 g/mol. The average molecular weight is 242 g/mol. The first-order valence-corrected chi connectivity index (χ1v) is 6.39. The lowest BCUT2D eigenvalue weighted by atomic mass is 10.0. The van der Waals surface area contributed by atoms with E-state index in [-0.39, 0.29) is 24.4 Å². The highest BCUT2D eigenvalue weighted by molar-refractivity contribution is 5.82. The molecule has 98 valence electrons. The largest absolute Gasteiger partial charge is 0.481 e. The van der Waals surface area contributed by atoms with Crippen LogP contribution in [0.5, 0.6) is 0 Å². The number of piperidine rings is 1. The van der Waals surface area contributed by atoms with E-state index in [0.717, 1.165) is 32.2 Å². The lowest BCUT2D eigenvalue weighted by molar-refractivity contribution is -0.137. The minimum Gasteiger partial charge on any atom is -0.481 e. The van der Waals surface area contributed by atoms with Crippen molar-refractivity contribution in [1.29, 1.82) is 0 Å². The summed E-state index contributed by atoms with van der Waals surface area (Å²) in [6, 6.07) is -0.384. The molecule has 1 heterocycles. The summed E-state index contributed by atoms with van der Waals surface area (Å²) in [7, 11) is 0. The Labute approximate surface area is 102 Å². The number of hydrogen-bond donors (Lipinski definition) is 3. The van der Waals surface area contributed by atoms with Gasteiger partial charge in [0.25, 0.3) is 0 Å². The molecule has 5 heteroatoms. The summed E-state index contributed by atoms with van der Waals surface area (Å²) in [6.45, 7) is 2.86. The monoisotopic (exact) mass is 242 g/mol. The highest BCUT2D eigenvalue weighted by atomic mass is 16.4. The van der Waals surface area contributed by atoms with Gasteiger partial charge in [-0.3, -0.25) is 9.59 Å². The van der Waals surface area contributed by atoms with E-state index in [1.807, 2.05) is 6.92 Å². The van der Waals surface area contributed by atoms with Crippen LogP contribution in [-0.4, -0.2) is 35.6 Å². The van der Waals surface area contributed by atoms with Crippen molar-refractivity contribution < 1.29 is 14.7 Å². The predicted octanol–water partition coefficient (Wildman–Crippen LogP) is 0.888. The van der Waals surface area contributed by atoms with E-state index in [9.17, 15) is 9.59 Å². The molecule has 0 aromatic carbocycles. The number of carboxylic acid groups (broad SMARTS) is 1.